The van der Waals surface area contributed by atoms with Crippen molar-refractivity contribution in [2.75, 3.05) is 6.61 Å². The normalized spacial score (nSPS) is 12.1. The zero-order valence-corrected chi connectivity index (χ0v) is 18.9. The molecule has 0 aliphatic rings. The molecule has 1 aromatic rings. The van der Waals surface area contributed by atoms with Crippen LogP contribution in [0, 0.1) is 4.91 Å². The monoisotopic (exact) mass is 397 g/mol. The third-order valence-electron chi connectivity index (χ3n) is 4.46. The molecule has 1 N–H and O–H groups in total. The molecule has 3 heteroatoms. The molecule has 0 aliphatic carbocycles. The Morgan fingerprint density at radius 2 is 1.21 bits per heavy atom. The van der Waals surface area contributed by atoms with Crippen molar-refractivity contribution < 1.29 is 5.11 Å². The van der Waals surface area contributed by atoms with Crippen molar-refractivity contribution in [1.29, 1.82) is 0 Å². The quantitative estimate of drug-likeness (QED) is 0.302. The second-order valence-electron chi connectivity index (χ2n) is 7.66. The number of benzene rings is 1. The fourth-order valence-electron chi connectivity index (χ4n) is 2.63. The lowest BCUT2D eigenvalue weighted by Crippen LogP contribution is -1.83. The van der Waals surface area contributed by atoms with E-state index in [4.69, 9.17) is 5.11 Å². The fraction of sp³-hybridized carbons (Fsp3) is 0.462. The summed E-state index contributed by atoms with van der Waals surface area (Å²) in [6.07, 6.45) is 15.7. The topological polar surface area (TPSA) is 49.7 Å². The van der Waals surface area contributed by atoms with Gasteiger partial charge in [0.25, 0.3) is 0 Å². The molecule has 0 atom stereocenters. The van der Waals surface area contributed by atoms with E-state index >= 15 is 0 Å². The van der Waals surface area contributed by atoms with E-state index in [0.717, 1.165) is 32.1 Å². The molecule has 0 heterocycles. The van der Waals surface area contributed by atoms with Gasteiger partial charge in [0.15, 0.2) is 0 Å². The Balaban J connectivity index is 0.000000807. The molecule has 0 bridgehead atoms. The molecular weight excluding hydrogens is 358 g/mol. The molecule has 0 aliphatic heterocycles. The van der Waals surface area contributed by atoms with Gasteiger partial charge < -0.3 is 5.11 Å². The van der Waals surface area contributed by atoms with Gasteiger partial charge in [0, 0.05) is 0 Å². The summed E-state index contributed by atoms with van der Waals surface area (Å²) in [4.78, 5) is 9.76. The van der Waals surface area contributed by atoms with E-state index in [1.54, 1.807) is 24.3 Å². The molecule has 1 aromatic carbocycles. The summed E-state index contributed by atoms with van der Waals surface area (Å²) >= 11 is 0. The van der Waals surface area contributed by atoms with Gasteiger partial charge >= 0.3 is 0 Å². The minimum absolute atomic E-state index is 0.158. The molecule has 0 saturated carbocycles. The highest BCUT2D eigenvalue weighted by Crippen LogP contribution is 2.13. The lowest BCUT2D eigenvalue weighted by Gasteiger charge is -2.02. The van der Waals surface area contributed by atoms with Gasteiger partial charge in [-0.25, -0.2) is 0 Å². The number of nitrogens with zero attached hydrogens (tertiary/aromatic N) is 1. The Hall–Kier alpha value is -2.26. The summed E-state index contributed by atoms with van der Waals surface area (Å²) in [5, 5.41) is 11.5. The number of aliphatic hydroxyl groups is 1. The van der Waals surface area contributed by atoms with Crippen LogP contribution >= 0.6 is 0 Å². The second-order valence-corrected chi connectivity index (χ2v) is 7.66. The smallest absolute Gasteiger partial charge is 0.107 e. The summed E-state index contributed by atoms with van der Waals surface area (Å²) in [5.74, 6) is 0. The Bertz CT molecular complexity index is 678. The van der Waals surface area contributed by atoms with Gasteiger partial charge in [-0.1, -0.05) is 64.8 Å². The van der Waals surface area contributed by atoms with Gasteiger partial charge in [-0.05, 0) is 90.5 Å². The van der Waals surface area contributed by atoms with Gasteiger partial charge in [0.2, 0.25) is 0 Å². The summed E-state index contributed by atoms with van der Waals surface area (Å²) in [6.45, 7) is 11.0. The second kappa shape index (κ2) is 17.8. The summed E-state index contributed by atoms with van der Waals surface area (Å²) in [6, 6.07) is 8.71. The first-order chi connectivity index (χ1) is 13.9. The summed E-state index contributed by atoms with van der Waals surface area (Å²) in [5.41, 5.74) is 6.14. The van der Waals surface area contributed by atoms with E-state index in [0.29, 0.717) is 5.69 Å². The van der Waals surface area contributed by atoms with E-state index in [9.17, 15) is 4.91 Å². The number of nitroso groups, excluding NO2 is 1. The van der Waals surface area contributed by atoms with Gasteiger partial charge in [-0.3, -0.25) is 0 Å². The molecule has 0 spiro atoms. The zero-order valence-electron chi connectivity index (χ0n) is 18.9. The SMILES string of the molecule is CC(C)=CCC/C(C)=C/CC/C(C)=C/CC/C(C)=C/CO.O=Nc1ccccc1. The van der Waals surface area contributed by atoms with Crippen molar-refractivity contribution in [1.82, 2.24) is 0 Å². The summed E-state index contributed by atoms with van der Waals surface area (Å²) < 4.78 is 0. The molecule has 0 radical (unpaired) electrons. The predicted molar refractivity (Wildman–Crippen MR) is 127 cm³/mol. The van der Waals surface area contributed by atoms with Crippen molar-refractivity contribution in [3.63, 3.8) is 0 Å². The lowest BCUT2D eigenvalue weighted by atomic mass is 10.0. The van der Waals surface area contributed by atoms with Crippen LogP contribution in [0.5, 0.6) is 0 Å². The Labute approximate surface area is 177 Å². The van der Waals surface area contributed by atoms with Gasteiger partial charge in [-0.15, -0.1) is 4.91 Å². The van der Waals surface area contributed by atoms with Crippen LogP contribution in [0.3, 0.4) is 0 Å². The van der Waals surface area contributed by atoms with Crippen LogP contribution in [0.1, 0.15) is 73.1 Å². The van der Waals surface area contributed by atoms with E-state index in [1.807, 2.05) is 12.1 Å². The van der Waals surface area contributed by atoms with Crippen molar-refractivity contribution >= 4 is 5.69 Å². The van der Waals surface area contributed by atoms with Gasteiger partial charge in [0.05, 0.1) is 6.61 Å². The molecule has 1 rings (SSSR count). The predicted octanol–water partition coefficient (Wildman–Crippen LogP) is 8.21. The Kier molecular flexibility index (Phi) is 16.4. The first-order valence-corrected chi connectivity index (χ1v) is 10.5. The average Bonchev–Trinajstić information content (AvgIpc) is 2.69. The maximum absolute atomic E-state index is 9.76. The standard InChI is InChI=1S/C20H34O.C6H5NO/c1-17(2)9-6-10-18(3)11-7-12-19(4)13-8-14-20(5)15-16-21;8-7-6-4-2-1-3-5-6/h9,11,13,15,21H,6-8,10,12,14,16H2,1-5H3;1-5H/b18-11+,19-13+,20-15+;. The zero-order chi connectivity index (χ0) is 21.9. The van der Waals surface area contributed by atoms with Crippen molar-refractivity contribution in [2.24, 2.45) is 5.18 Å². The van der Waals surface area contributed by atoms with E-state index in [1.165, 1.54) is 28.7 Å². The first-order valence-electron chi connectivity index (χ1n) is 10.5. The van der Waals surface area contributed by atoms with Gasteiger partial charge in [-0.2, -0.15) is 0 Å². The fourth-order valence-corrected chi connectivity index (χ4v) is 2.63. The number of aliphatic hydroxyl groups excluding tert-OH is 1. The number of hydrogen-bond acceptors (Lipinski definition) is 3. The molecular formula is C26H39NO2. The van der Waals surface area contributed by atoms with E-state index in [-0.39, 0.29) is 6.61 Å². The van der Waals surface area contributed by atoms with Crippen LogP contribution in [0.2, 0.25) is 0 Å². The molecule has 29 heavy (non-hydrogen) atoms. The highest BCUT2D eigenvalue weighted by atomic mass is 16.3. The van der Waals surface area contributed by atoms with Crippen LogP contribution in [-0.4, -0.2) is 11.7 Å². The molecule has 0 saturated heterocycles. The first kappa shape index (κ1) is 26.7. The largest absolute Gasteiger partial charge is 0.392 e. The number of allylic oxidation sites excluding steroid dienone is 7. The minimum Gasteiger partial charge on any atom is -0.392 e. The van der Waals surface area contributed by atoms with E-state index < -0.39 is 0 Å². The summed E-state index contributed by atoms with van der Waals surface area (Å²) in [7, 11) is 0. The third-order valence-corrected chi connectivity index (χ3v) is 4.46. The van der Waals surface area contributed by atoms with Gasteiger partial charge in [0.1, 0.15) is 5.69 Å². The van der Waals surface area contributed by atoms with Crippen LogP contribution in [0.15, 0.2) is 82.1 Å². The molecule has 0 unspecified atom stereocenters. The number of hydrogen-bond donors (Lipinski definition) is 1. The maximum atomic E-state index is 9.76. The molecule has 0 amide bonds. The van der Waals surface area contributed by atoms with Crippen molar-refractivity contribution in [3.05, 3.63) is 81.8 Å². The van der Waals surface area contributed by atoms with Crippen LogP contribution in [0.4, 0.5) is 5.69 Å². The van der Waals surface area contributed by atoms with Crippen LogP contribution < -0.4 is 0 Å². The lowest BCUT2D eigenvalue weighted by molar-refractivity contribution is 0.341. The molecule has 0 aromatic heterocycles. The highest BCUT2D eigenvalue weighted by Gasteiger charge is 1.93. The van der Waals surface area contributed by atoms with E-state index in [2.05, 4.69) is 58.0 Å². The highest BCUT2D eigenvalue weighted by molar-refractivity contribution is 5.34. The number of rotatable bonds is 11. The molecule has 160 valence electrons. The molecule has 3 nitrogen and oxygen atoms in total. The third kappa shape index (κ3) is 17.6. The Morgan fingerprint density at radius 3 is 1.59 bits per heavy atom. The van der Waals surface area contributed by atoms with Crippen LogP contribution in [-0.2, 0) is 0 Å². The van der Waals surface area contributed by atoms with Crippen LogP contribution in [0.25, 0.3) is 0 Å². The average molecular weight is 398 g/mol. The van der Waals surface area contributed by atoms with Crippen molar-refractivity contribution in [3.8, 4) is 0 Å². The molecule has 0 fully saturated rings. The minimum atomic E-state index is 0.158. The maximum Gasteiger partial charge on any atom is 0.107 e. The Morgan fingerprint density at radius 1 is 0.759 bits per heavy atom. The van der Waals surface area contributed by atoms with Crippen molar-refractivity contribution in [2.45, 2.75) is 73.1 Å².